The first-order valence-electron chi connectivity index (χ1n) is 8.01. The Morgan fingerprint density at radius 1 is 1.43 bits per heavy atom. The number of aliphatic hydroxyl groups excluding tert-OH is 1. The number of aryl methyl sites for hydroxylation is 1. The molecule has 122 valence electrons. The first kappa shape index (κ1) is 15.7. The van der Waals surface area contributed by atoms with Gasteiger partial charge in [0.25, 0.3) is 5.91 Å². The summed E-state index contributed by atoms with van der Waals surface area (Å²) in [5.41, 5.74) is 0.939. The molecule has 0 saturated carbocycles. The second-order valence-corrected chi connectivity index (χ2v) is 6.06. The summed E-state index contributed by atoms with van der Waals surface area (Å²) >= 11 is 0. The molecule has 2 aromatic rings. The molecule has 6 heteroatoms. The lowest BCUT2D eigenvalue weighted by atomic mass is 9.97. The Morgan fingerprint density at radius 2 is 2.30 bits per heavy atom. The minimum atomic E-state index is -0.149. The van der Waals surface area contributed by atoms with Crippen LogP contribution in [0.5, 0.6) is 0 Å². The molecule has 3 heterocycles. The van der Waals surface area contributed by atoms with E-state index in [1.165, 1.54) is 0 Å². The molecular weight excluding hydrogens is 292 g/mol. The minimum Gasteiger partial charge on any atom is -0.390 e. The number of hydrogen-bond acceptors (Lipinski definition) is 4. The highest BCUT2D eigenvalue weighted by Gasteiger charge is 2.25. The van der Waals surface area contributed by atoms with E-state index < -0.39 is 0 Å². The maximum absolute atomic E-state index is 12.6. The zero-order valence-electron chi connectivity index (χ0n) is 13.4. The fourth-order valence-corrected chi connectivity index (χ4v) is 3.12. The van der Waals surface area contributed by atoms with Crippen molar-refractivity contribution in [1.29, 1.82) is 0 Å². The summed E-state index contributed by atoms with van der Waals surface area (Å²) in [7, 11) is 0. The molecule has 0 unspecified atom stereocenters. The summed E-state index contributed by atoms with van der Waals surface area (Å²) in [5, 5.41) is 9.17. The van der Waals surface area contributed by atoms with Crippen molar-refractivity contribution < 1.29 is 9.90 Å². The lowest BCUT2D eigenvalue weighted by Gasteiger charge is -2.33. The van der Waals surface area contributed by atoms with Crippen molar-refractivity contribution in [2.75, 3.05) is 13.1 Å². The first-order chi connectivity index (χ1) is 11.2. The molecule has 2 aromatic heterocycles. The smallest absolute Gasteiger partial charge is 0.272 e. The van der Waals surface area contributed by atoms with Gasteiger partial charge >= 0.3 is 0 Å². The fourth-order valence-electron chi connectivity index (χ4n) is 3.12. The molecule has 0 aromatic carbocycles. The molecule has 0 spiro atoms. The topological polar surface area (TPSA) is 71.2 Å². The van der Waals surface area contributed by atoms with Crippen molar-refractivity contribution >= 4 is 5.91 Å². The van der Waals surface area contributed by atoms with E-state index in [2.05, 4.69) is 14.5 Å². The first-order valence-corrected chi connectivity index (χ1v) is 8.01. The van der Waals surface area contributed by atoms with Gasteiger partial charge in [0.05, 0.1) is 12.3 Å². The number of amides is 1. The van der Waals surface area contributed by atoms with Crippen LogP contribution in [0, 0.1) is 12.8 Å². The molecule has 0 radical (unpaired) electrons. The van der Waals surface area contributed by atoms with Gasteiger partial charge in [-0.3, -0.25) is 4.79 Å². The van der Waals surface area contributed by atoms with E-state index in [1.807, 2.05) is 24.2 Å². The van der Waals surface area contributed by atoms with Crippen molar-refractivity contribution in [3.05, 3.63) is 47.8 Å². The molecule has 0 bridgehead atoms. The molecule has 1 aliphatic heterocycles. The Bertz CT molecular complexity index is 683. The van der Waals surface area contributed by atoms with Gasteiger partial charge in [-0.2, -0.15) is 0 Å². The number of piperidine rings is 1. The molecule has 1 atom stereocenters. The van der Waals surface area contributed by atoms with Crippen molar-refractivity contribution in [3.8, 4) is 0 Å². The summed E-state index contributed by atoms with van der Waals surface area (Å²) in [5.74, 6) is 1.39. The van der Waals surface area contributed by atoms with Gasteiger partial charge in [0.15, 0.2) is 0 Å². The van der Waals surface area contributed by atoms with Crippen molar-refractivity contribution in [2.45, 2.75) is 32.9 Å². The van der Waals surface area contributed by atoms with E-state index in [1.54, 1.807) is 18.2 Å². The summed E-state index contributed by atoms with van der Waals surface area (Å²) in [6.45, 7) is 4.24. The van der Waals surface area contributed by atoms with Crippen molar-refractivity contribution in [2.24, 2.45) is 5.92 Å². The number of pyridine rings is 1. The average molecular weight is 314 g/mol. The molecule has 1 amide bonds. The number of likely N-dealkylation sites (tertiary alicyclic amines) is 1. The monoisotopic (exact) mass is 314 g/mol. The van der Waals surface area contributed by atoms with Crippen LogP contribution >= 0.6 is 0 Å². The number of rotatable bonds is 4. The Labute approximate surface area is 135 Å². The third-order valence-corrected chi connectivity index (χ3v) is 4.37. The highest BCUT2D eigenvalue weighted by Crippen LogP contribution is 2.20. The number of aromatic nitrogens is 3. The minimum absolute atomic E-state index is 0.0487. The normalized spacial score (nSPS) is 18.2. The molecule has 23 heavy (non-hydrogen) atoms. The summed E-state index contributed by atoms with van der Waals surface area (Å²) in [4.78, 5) is 23.0. The second kappa shape index (κ2) is 6.91. The molecule has 0 aliphatic carbocycles. The second-order valence-electron chi connectivity index (χ2n) is 6.06. The summed E-state index contributed by atoms with van der Waals surface area (Å²) in [6, 6.07) is 5.20. The van der Waals surface area contributed by atoms with Crippen molar-refractivity contribution in [3.63, 3.8) is 0 Å². The zero-order valence-corrected chi connectivity index (χ0v) is 13.4. The Hall–Kier alpha value is -2.21. The van der Waals surface area contributed by atoms with Crippen LogP contribution in [0.4, 0.5) is 0 Å². The van der Waals surface area contributed by atoms with E-state index in [9.17, 15) is 4.79 Å². The molecular formula is C17H22N4O2. The Kier molecular flexibility index (Phi) is 4.71. The summed E-state index contributed by atoms with van der Waals surface area (Å²) < 4.78 is 2.14. The zero-order chi connectivity index (χ0) is 16.2. The number of carbonyl (C=O) groups is 1. The van der Waals surface area contributed by atoms with Crippen LogP contribution in [0.3, 0.4) is 0 Å². The predicted molar refractivity (Wildman–Crippen MR) is 85.8 cm³/mol. The van der Waals surface area contributed by atoms with Gasteiger partial charge in [0.1, 0.15) is 11.5 Å². The van der Waals surface area contributed by atoms with E-state index in [0.717, 1.165) is 38.3 Å². The average Bonchev–Trinajstić information content (AvgIpc) is 2.99. The van der Waals surface area contributed by atoms with Crippen LogP contribution in [0.1, 0.15) is 34.8 Å². The van der Waals surface area contributed by atoms with E-state index >= 15 is 0 Å². The van der Waals surface area contributed by atoms with Crippen molar-refractivity contribution in [1.82, 2.24) is 19.4 Å². The Morgan fingerprint density at radius 3 is 3.04 bits per heavy atom. The lowest BCUT2D eigenvalue weighted by Crippen LogP contribution is -2.41. The van der Waals surface area contributed by atoms with Gasteiger partial charge in [-0.05, 0) is 37.8 Å². The summed E-state index contributed by atoms with van der Waals surface area (Å²) in [6.07, 6.45) is 5.92. The van der Waals surface area contributed by atoms with E-state index in [0.29, 0.717) is 17.3 Å². The SMILES string of the molecule is Cc1nccn1C[C@H]1CCCN(C(=O)c2cccc(CO)n2)C1. The number of aliphatic hydroxyl groups is 1. The van der Waals surface area contributed by atoms with Crippen LogP contribution < -0.4 is 0 Å². The van der Waals surface area contributed by atoms with Gasteiger partial charge in [-0.1, -0.05) is 6.07 Å². The maximum atomic E-state index is 12.6. The molecule has 1 N–H and O–H groups in total. The highest BCUT2D eigenvalue weighted by atomic mass is 16.3. The number of imidazole rings is 1. The van der Waals surface area contributed by atoms with Gasteiger partial charge in [0, 0.05) is 32.0 Å². The van der Waals surface area contributed by atoms with Gasteiger partial charge in [-0.25, -0.2) is 9.97 Å². The Balaban J connectivity index is 1.68. The highest BCUT2D eigenvalue weighted by molar-refractivity contribution is 5.92. The third-order valence-electron chi connectivity index (χ3n) is 4.37. The van der Waals surface area contributed by atoms with Gasteiger partial charge in [0.2, 0.25) is 0 Å². The van der Waals surface area contributed by atoms with Gasteiger partial charge in [-0.15, -0.1) is 0 Å². The van der Waals surface area contributed by atoms with E-state index in [-0.39, 0.29) is 12.5 Å². The maximum Gasteiger partial charge on any atom is 0.272 e. The molecule has 1 fully saturated rings. The van der Waals surface area contributed by atoms with Crippen LogP contribution in [-0.2, 0) is 13.2 Å². The molecule has 1 saturated heterocycles. The van der Waals surface area contributed by atoms with Crippen LogP contribution in [-0.4, -0.2) is 43.5 Å². The molecule has 1 aliphatic rings. The number of nitrogens with zero attached hydrogens (tertiary/aromatic N) is 4. The molecule has 6 nitrogen and oxygen atoms in total. The largest absolute Gasteiger partial charge is 0.390 e. The number of hydrogen-bond donors (Lipinski definition) is 1. The lowest BCUT2D eigenvalue weighted by molar-refractivity contribution is 0.0655. The van der Waals surface area contributed by atoms with E-state index in [4.69, 9.17) is 5.11 Å². The fraction of sp³-hybridized carbons (Fsp3) is 0.471. The molecule has 3 rings (SSSR count). The van der Waals surface area contributed by atoms with Crippen LogP contribution in [0.2, 0.25) is 0 Å². The third kappa shape index (κ3) is 3.59. The number of carbonyl (C=O) groups excluding carboxylic acids is 1. The van der Waals surface area contributed by atoms with Gasteiger partial charge < -0.3 is 14.6 Å². The quantitative estimate of drug-likeness (QED) is 0.931. The predicted octanol–water partition coefficient (Wildman–Crippen LogP) is 1.63. The standard InChI is InChI=1S/C17H22N4O2/c1-13-18-7-9-20(13)10-14-4-3-8-21(11-14)17(23)16-6-2-5-15(12-22)19-16/h2,5-7,9,14,22H,3-4,8,10-12H2,1H3/t14-/m1/s1. The van der Waals surface area contributed by atoms with Crippen LogP contribution in [0.25, 0.3) is 0 Å². The van der Waals surface area contributed by atoms with Crippen LogP contribution in [0.15, 0.2) is 30.6 Å².